The van der Waals surface area contributed by atoms with Crippen LogP contribution in [0.15, 0.2) is 30.5 Å². The predicted octanol–water partition coefficient (Wildman–Crippen LogP) is 2.12. The van der Waals surface area contributed by atoms with Crippen LogP contribution in [0.3, 0.4) is 0 Å². The molecule has 1 fully saturated rings. The molecule has 27 heavy (non-hydrogen) atoms. The summed E-state index contributed by atoms with van der Waals surface area (Å²) in [5.41, 5.74) is 1.70. The van der Waals surface area contributed by atoms with Crippen molar-refractivity contribution >= 4 is 11.9 Å². The second kappa shape index (κ2) is 6.72. The number of anilines is 1. The largest absolute Gasteiger partial charge is 0.492 e. The first-order valence-electron chi connectivity index (χ1n) is 9.17. The Morgan fingerprint density at radius 1 is 1.19 bits per heavy atom. The van der Waals surface area contributed by atoms with Gasteiger partial charge in [-0.1, -0.05) is 26.0 Å². The summed E-state index contributed by atoms with van der Waals surface area (Å²) in [7, 11) is 1.59. The third-order valence-corrected chi connectivity index (χ3v) is 5.23. The van der Waals surface area contributed by atoms with E-state index < -0.39 is 0 Å². The summed E-state index contributed by atoms with van der Waals surface area (Å²) in [5, 5.41) is 0. The highest BCUT2D eigenvalue weighted by atomic mass is 16.5. The Kier molecular flexibility index (Phi) is 4.37. The van der Waals surface area contributed by atoms with Crippen molar-refractivity contribution in [2.45, 2.75) is 19.3 Å². The van der Waals surface area contributed by atoms with Crippen molar-refractivity contribution in [3.8, 4) is 11.6 Å². The minimum absolute atomic E-state index is 0.0239. The molecule has 0 unspecified atom stereocenters. The van der Waals surface area contributed by atoms with Crippen molar-refractivity contribution in [1.82, 2.24) is 14.9 Å². The number of fused-ring (bicyclic) bond motifs is 1. The van der Waals surface area contributed by atoms with Gasteiger partial charge >= 0.3 is 0 Å². The fourth-order valence-electron chi connectivity index (χ4n) is 3.60. The van der Waals surface area contributed by atoms with Crippen LogP contribution >= 0.6 is 0 Å². The van der Waals surface area contributed by atoms with Crippen molar-refractivity contribution in [1.29, 1.82) is 0 Å². The Bertz CT molecular complexity index is 860. The van der Waals surface area contributed by atoms with Crippen molar-refractivity contribution in [2.75, 3.05) is 44.8 Å². The van der Waals surface area contributed by atoms with Crippen LogP contribution in [-0.4, -0.2) is 60.7 Å². The smallest absolute Gasteiger partial charge is 0.257 e. The maximum Gasteiger partial charge on any atom is 0.257 e. The van der Waals surface area contributed by atoms with E-state index in [2.05, 4.69) is 34.8 Å². The summed E-state index contributed by atoms with van der Waals surface area (Å²) in [6.45, 7) is 7.48. The molecule has 0 atom stereocenters. The van der Waals surface area contributed by atoms with Gasteiger partial charge in [-0.3, -0.25) is 4.79 Å². The third-order valence-electron chi connectivity index (χ3n) is 5.23. The van der Waals surface area contributed by atoms with Gasteiger partial charge in [-0.15, -0.1) is 0 Å². The summed E-state index contributed by atoms with van der Waals surface area (Å²) in [6.07, 6.45) is 1.69. The number of methoxy groups -OCH3 is 1. The van der Waals surface area contributed by atoms with Crippen LogP contribution < -0.4 is 14.4 Å². The van der Waals surface area contributed by atoms with Gasteiger partial charge in [0.15, 0.2) is 0 Å². The fourth-order valence-corrected chi connectivity index (χ4v) is 3.60. The van der Waals surface area contributed by atoms with Crippen molar-refractivity contribution in [3.05, 3.63) is 41.6 Å². The average molecular weight is 368 g/mol. The molecule has 3 heterocycles. The quantitative estimate of drug-likeness (QED) is 0.827. The molecule has 0 radical (unpaired) electrons. The lowest BCUT2D eigenvalue weighted by atomic mass is 9.86. The topological polar surface area (TPSA) is 67.8 Å². The molecule has 0 spiro atoms. The van der Waals surface area contributed by atoms with Gasteiger partial charge in [-0.25, -0.2) is 4.98 Å². The lowest BCUT2D eigenvalue weighted by Crippen LogP contribution is -2.49. The molecular formula is C20H24N4O3. The summed E-state index contributed by atoms with van der Waals surface area (Å²) < 4.78 is 11.0. The molecule has 1 saturated heterocycles. The Balaban J connectivity index is 1.48. The normalized spacial score (nSPS) is 18.0. The molecule has 1 aromatic heterocycles. The number of rotatable bonds is 3. The summed E-state index contributed by atoms with van der Waals surface area (Å²) in [6, 6.07) is 7.58. The number of amides is 1. The maximum absolute atomic E-state index is 13.1. The Morgan fingerprint density at radius 2 is 1.96 bits per heavy atom. The molecule has 0 aliphatic carbocycles. The minimum atomic E-state index is -0.0615. The zero-order valence-electron chi connectivity index (χ0n) is 15.9. The van der Waals surface area contributed by atoms with Crippen molar-refractivity contribution < 1.29 is 14.3 Å². The van der Waals surface area contributed by atoms with Crippen molar-refractivity contribution in [3.63, 3.8) is 0 Å². The van der Waals surface area contributed by atoms with Crippen LogP contribution in [0.25, 0.3) is 0 Å². The van der Waals surface area contributed by atoms with E-state index in [1.54, 1.807) is 19.4 Å². The van der Waals surface area contributed by atoms with Crippen LogP contribution in [0.5, 0.6) is 11.6 Å². The number of piperazine rings is 1. The van der Waals surface area contributed by atoms with E-state index in [4.69, 9.17) is 9.47 Å². The van der Waals surface area contributed by atoms with Gasteiger partial charge in [0.05, 0.1) is 19.3 Å². The van der Waals surface area contributed by atoms with E-state index in [-0.39, 0.29) is 11.3 Å². The van der Waals surface area contributed by atoms with Gasteiger partial charge < -0.3 is 19.3 Å². The number of hydrogen-bond acceptors (Lipinski definition) is 6. The van der Waals surface area contributed by atoms with Crippen LogP contribution in [0.2, 0.25) is 0 Å². The zero-order valence-corrected chi connectivity index (χ0v) is 15.9. The van der Waals surface area contributed by atoms with Gasteiger partial charge in [-0.05, 0) is 6.07 Å². The fraction of sp³-hybridized carbons (Fsp3) is 0.450. The number of para-hydroxylation sites is 1. The van der Waals surface area contributed by atoms with E-state index in [9.17, 15) is 4.79 Å². The molecule has 7 nitrogen and oxygen atoms in total. The molecule has 0 N–H and O–H groups in total. The molecule has 0 saturated carbocycles. The predicted molar refractivity (Wildman–Crippen MR) is 102 cm³/mol. The molecule has 1 aromatic carbocycles. The number of carbonyl (C=O) groups excluding carboxylic acids is 1. The van der Waals surface area contributed by atoms with E-state index in [0.717, 1.165) is 11.3 Å². The molecule has 1 amide bonds. The first kappa shape index (κ1) is 17.6. The summed E-state index contributed by atoms with van der Waals surface area (Å²) in [5.74, 6) is 1.94. The van der Waals surface area contributed by atoms with Gasteiger partial charge in [0, 0.05) is 49.4 Å². The first-order chi connectivity index (χ1) is 13.0. The first-order valence-corrected chi connectivity index (χ1v) is 9.17. The van der Waals surface area contributed by atoms with E-state index >= 15 is 0 Å². The van der Waals surface area contributed by atoms with E-state index in [1.165, 1.54) is 0 Å². The van der Waals surface area contributed by atoms with E-state index in [0.29, 0.717) is 50.2 Å². The molecule has 2 aromatic rings. The lowest BCUT2D eigenvalue weighted by molar-refractivity contribution is 0.0742. The lowest BCUT2D eigenvalue weighted by Gasteiger charge is -2.35. The van der Waals surface area contributed by atoms with E-state index in [1.807, 2.05) is 17.0 Å². The Labute approximate surface area is 158 Å². The number of nitrogens with zero attached hydrogens (tertiary/aromatic N) is 4. The summed E-state index contributed by atoms with van der Waals surface area (Å²) in [4.78, 5) is 25.7. The molecule has 7 heteroatoms. The van der Waals surface area contributed by atoms with Crippen LogP contribution in [-0.2, 0) is 5.41 Å². The van der Waals surface area contributed by atoms with Crippen LogP contribution in [0.4, 0.5) is 5.95 Å². The van der Waals surface area contributed by atoms with Crippen LogP contribution in [0, 0.1) is 0 Å². The van der Waals surface area contributed by atoms with Gasteiger partial charge in [0.2, 0.25) is 11.8 Å². The third kappa shape index (κ3) is 3.18. The van der Waals surface area contributed by atoms with Gasteiger partial charge in [-0.2, -0.15) is 4.98 Å². The summed E-state index contributed by atoms with van der Waals surface area (Å²) >= 11 is 0. The standard InChI is InChI=1S/C20H24N4O3/c1-20(2)13-27-17-14(5-4-6-15(17)20)18(25)23-9-11-24(12-10-23)19-21-8-7-16(22-19)26-3/h4-8H,9-13H2,1-3H3. The van der Waals surface area contributed by atoms with Crippen molar-refractivity contribution in [2.24, 2.45) is 0 Å². The second-order valence-corrected chi connectivity index (χ2v) is 7.53. The van der Waals surface area contributed by atoms with Gasteiger partial charge in [0.1, 0.15) is 5.75 Å². The zero-order chi connectivity index (χ0) is 19.0. The molecule has 2 aliphatic rings. The van der Waals surface area contributed by atoms with Gasteiger partial charge in [0.25, 0.3) is 5.91 Å². The minimum Gasteiger partial charge on any atom is -0.492 e. The molecule has 0 bridgehead atoms. The number of carbonyl (C=O) groups is 1. The maximum atomic E-state index is 13.1. The number of benzene rings is 1. The molecule has 142 valence electrons. The Hall–Kier alpha value is -2.83. The number of aromatic nitrogens is 2. The molecular weight excluding hydrogens is 344 g/mol. The number of hydrogen-bond donors (Lipinski definition) is 0. The SMILES string of the molecule is COc1ccnc(N2CCN(C(=O)c3cccc4c3OCC4(C)C)CC2)n1. The second-order valence-electron chi connectivity index (χ2n) is 7.53. The highest BCUT2D eigenvalue weighted by Crippen LogP contribution is 2.40. The highest BCUT2D eigenvalue weighted by Gasteiger charge is 2.35. The van der Waals surface area contributed by atoms with Crippen LogP contribution in [0.1, 0.15) is 29.8 Å². The molecule has 2 aliphatic heterocycles. The monoisotopic (exact) mass is 368 g/mol. The Morgan fingerprint density at radius 3 is 2.70 bits per heavy atom. The number of ether oxygens (including phenoxy) is 2. The average Bonchev–Trinajstić information content (AvgIpc) is 3.02. The molecule has 4 rings (SSSR count). The highest BCUT2D eigenvalue weighted by molar-refractivity contribution is 5.98.